The minimum Gasteiger partial charge on any atom is -0.343 e. The van der Waals surface area contributed by atoms with Crippen molar-refractivity contribution in [3.63, 3.8) is 0 Å². The van der Waals surface area contributed by atoms with Crippen molar-refractivity contribution in [1.29, 1.82) is 0 Å². The zero-order valence-electron chi connectivity index (χ0n) is 17.4. The largest absolute Gasteiger partial charge is 0.343 e. The Morgan fingerprint density at radius 2 is 1.73 bits per heavy atom. The maximum absolute atomic E-state index is 13.6. The van der Waals surface area contributed by atoms with E-state index in [4.69, 9.17) is 0 Å². The third kappa shape index (κ3) is 2.97. The van der Waals surface area contributed by atoms with E-state index < -0.39 is 0 Å². The molecule has 3 amide bonds. The highest BCUT2D eigenvalue weighted by molar-refractivity contribution is 6.00. The summed E-state index contributed by atoms with van der Waals surface area (Å²) in [5.41, 5.74) is 3.20. The van der Waals surface area contributed by atoms with Crippen molar-refractivity contribution < 1.29 is 9.59 Å². The number of hydrogen-bond acceptors (Lipinski definition) is 5. The van der Waals surface area contributed by atoms with Gasteiger partial charge in [0.2, 0.25) is 0 Å². The molecule has 2 aromatic carbocycles. The molecule has 3 heterocycles. The highest BCUT2D eigenvalue weighted by Crippen LogP contribution is 2.33. The Morgan fingerprint density at radius 3 is 2.50 bits per heavy atom. The number of amides is 3. The monoisotopic (exact) mass is 405 g/mol. The van der Waals surface area contributed by atoms with Crippen LogP contribution in [-0.2, 0) is 11.3 Å². The number of likely N-dealkylation sites (N-methyl/N-ethyl adjacent to an activating group) is 1. The molecule has 3 fully saturated rings. The fourth-order valence-corrected chi connectivity index (χ4v) is 4.91. The molecule has 3 aliphatic rings. The highest BCUT2D eigenvalue weighted by atomic mass is 16.2. The van der Waals surface area contributed by atoms with Crippen molar-refractivity contribution >= 4 is 17.6 Å². The van der Waals surface area contributed by atoms with Crippen LogP contribution in [0, 0.1) is 6.92 Å². The van der Waals surface area contributed by atoms with E-state index in [1.165, 1.54) is 4.90 Å². The lowest BCUT2D eigenvalue weighted by Crippen LogP contribution is -2.66. The second-order valence-corrected chi connectivity index (χ2v) is 8.29. The number of aryl methyl sites for hydroxylation is 1. The molecule has 5 rings (SSSR count). The van der Waals surface area contributed by atoms with Crippen molar-refractivity contribution in [3.05, 3.63) is 65.7 Å². The Labute approximate surface area is 176 Å². The number of urea groups is 1. The van der Waals surface area contributed by atoms with Crippen LogP contribution in [0.2, 0.25) is 0 Å². The Balaban J connectivity index is 1.45. The Morgan fingerprint density at radius 1 is 1.00 bits per heavy atom. The molecule has 1 N–H and O–H groups in total. The maximum Gasteiger partial charge on any atom is 0.328 e. The molecule has 7 nitrogen and oxygen atoms in total. The SMILES string of the molecule is Cc1ccccc1CN1C(=O)C2C(NC3N(c4ccccc4)CCCN23)N(C)C1=O. The normalized spacial score (nSPS) is 26.7. The molecule has 3 aliphatic heterocycles. The molecule has 0 saturated carbocycles. The summed E-state index contributed by atoms with van der Waals surface area (Å²) < 4.78 is 0. The van der Waals surface area contributed by atoms with E-state index in [1.54, 1.807) is 11.9 Å². The third-order valence-electron chi connectivity index (χ3n) is 6.55. The van der Waals surface area contributed by atoms with Gasteiger partial charge in [0, 0.05) is 25.8 Å². The van der Waals surface area contributed by atoms with Gasteiger partial charge in [-0.2, -0.15) is 0 Å². The fourth-order valence-electron chi connectivity index (χ4n) is 4.91. The van der Waals surface area contributed by atoms with Crippen LogP contribution in [0.4, 0.5) is 10.5 Å². The van der Waals surface area contributed by atoms with Gasteiger partial charge in [-0.15, -0.1) is 0 Å². The summed E-state index contributed by atoms with van der Waals surface area (Å²) in [6.45, 7) is 4.06. The van der Waals surface area contributed by atoms with E-state index >= 15 is 0 Å². The quantitative estimate of drug-likeness (QED) is 0.848. The Kier molecular flexibility index (Phi) is 4.72. The number of imide groups is 1. The molecule has 3 atom stereocenters. The molecule has 0 aliphatic carbocycles. The van der Waals surface area contributed by atoms with Crippen LogP contribution < -0.4 is 10.2 Å². The predicted molar refractivity (Wildman–Crippen MR) is 114 cm³/mol. The lowest BCUT2D eigenvalue weighted by molar-refractivity contribution is -0.139. The summed E-state index contributed by atoms with van der Waals surface area (Å²) in [6, 6.07) is 17.5. The van der Waals surface area contributed by atoms with Crippen LogP contribution in [0.5, 0.6) is 0 Å². The molecule has 30 heavy (non-hydrogen) atoms. The zero-order valence-corrected chi connectivity index (χ0v) is 17.4. The maximum atomic E-state index is 13.6. The number of para-hydroxylation sites is 1. The molecule has 7 heteroatoms. The molecule has 0 aromatic heterocycles. The standard InChI is InChI=1S/C23H27N5O2/c1-16-9-6-7-10-17(16)15-28-21(29)19-20(25(2)23(28)30)24-22-26(13-8-14-27(19)22)18-11-4-3-5-12-18/h3-7,9-12,19-20,22,24H,8,13-15H2,1-2H3. The summed E-state index contributed by atoms with van der Waals surface area (Å²) in [6.07, 6.45) is 0.542. The molecular formula is C23H27N5O2. The van der Waals surface area contributed by atoms with Gasteiger partial charge in [0.05, 0.1) is 6.54 Å². The lowest BCUT2D eigenvalue weighted by Gasteiger charge is -2.44. The van der Waals surface area contributed by atoms with Gasteiger partial charge in [0.25, 0.3) is 5.91 Å². The number of carbonyl (C=O) groups is 2. The van der Waals surface area contributed by atoms with E-state index in [1.807, 2.05) is 49.4 Å². The van der Waals surface area contributed by atoms with Gasteiger partial charge in [-0.1, -0.05) is 42.5 Å². The van der Waals surface area contributed by atoms with Gasteiger partial charge < -0.3 is 9.80 Å². The predicted octanol–water partition coefficient (Wildman–Crippen LogP) is 2.18. The van der Waals surface area contributed by atoms with Crippen molar-refractivity contribution in [3.8, 4) is 0 Å². The summed E-state index contributed by atoms with van der Waals surface area (Å²) in [7, 11) is 1.79. The first-order valence-corrected chi connectivity index (χ1v) is 10.5. The smallest absolute Gasteiger partial charge is 0.328 e. The van der Waals surface area contributed by atoms with E-state index in [0.717, 1.165) is 36.3 Å². The summed E-state index contributed by atoms with van der Waals surface area (Å²) in [5.74, 6) is -0.115. The molecule has 0 bridgehead atoms. The molecule has 0 radical (unpaired) electrons. The zero-order chi connectivity index (χ0) is 20.8. The lowest BCUT2D eigenvalue weighted by atomic mass is 10.1. The molecule has 0 spiro atoms. The number of carbonyl (C=O) groups excluding carboxylic acids is 2. The van der Waals surface area contributed by atoms with Gasteiger partial charge in [-0.3, -0.25) is 19.9 Å². The highest BCUT2D eigenvalue weighted by Gasteiger charge is 2.56. The Hall–Kier alpha value is -2.90. The van der Waals surface area contributed by atoms with Crippen molar-refractivity contribution in [1.82, 2.24) is 20.0 Å². The summed E-state index contributed by atoms with van der Waals surface area (Å²) in [5, 5.41) is 3.56. The number of anilines is 1. The number of nitrogens with one attached hydrogen (secondary N) is 1. The van der Waals surface area contributed by atoms with E-state index in [9.17, 15) is 9.59 Å². The molecule has 2 aromatic rings. The van der Waals surface area contributed by atoms with Crippen LogP contribution >= 0.6 is 0 Å². The molecular weight excluding hydrogens is 378 g/mol. The second kappa shape index (κ2) is 7.41. The first-order valence-electron chi connectivity index (χ1n) is 10.5. The van der Waals surface area contributed by atoms with Gasteiger partial charge in [-0.25, -0.2) is 4.79 Å². The van der Waals surface area contributed by atoms with E-state index in [0.29, 0.717) is 6.54 Å². The number of benzene rings is 2. The van der Waals surface area contributed by atoms with E-state index in [-0.39, 0.29) is 30.4 Å². The van der Waals surface area contributed by atoms with Gasteiger partial charge in [0.15, 0.2) is 0 Å². The van der Waals surface area contributed by atoms with Crippen LogP contribution in [0.15, 0.2) is 54.6 Å². The Bertz CT molecular complexity index is 965. The minimum absolute atomic E-state index is 0.103. The molecule has 156 valence electrons. The van der Waals surface area contributed by atoms with Gasteiger partial charge in [-0.05, 0) is 36.6 Å². The second-order valence-electron chi connectivity index (χ2n) is 8.29. The summed E-state index contributed by atoms with van der Waals surface area (Å²) in [4.78, 5) is 34.3. The third-order valence-corrected chi connectivity index (χ3v) is 6.55. The minimum atomic E-state index is -0.381. The average Bonchev–Trinajstić information content (AvgIpc) is 3.17. The van der Waals surface area contributed by atoms with E-state index in [2.05, 4.69) is 27.2 Å². The number of fused-ring (bicyclic) bond motifs is 3. The van der Waals surface area contributed by atoms with Crippen molar-refractivity contribution in [2.75, 3.05) is 25.0 Å². The van der Waals surface area contributed by atoms with Crippen molar-refractivity contribution in [2.24, 2.45) is 0 Å². The van der Waals surface area contributed by atoms with Crippen LogP contribution in [0.1, 0.15) is 17.5 Å². The van der Waals surface area contributed by atoms with Crippen molar-refractivity contribution in [2.45, 2.75) is 38.4 Å². The summed E-state index contributed by atoms with van der Waals surface area (Å²) >= 11 is 0. The number of rotatable bonds is 3. The first kappa shape index (κ1) is 19.1. The first-order chi connectivity index (χ1) is 14.6. The number of hydrogen-bond donors (Lipinski definition) is 1. The van der Waals surface area contributed by atoms with Gasteiger partial charge >= 0.3 is 6.03 Å². The topological polar surface area (TPSA) is 59.1 Å². The fraction of sp³-hybridized carbons (Fsp3) is 0.391. The van der Waals surface area contributed by atoms with Crippen LogP contribution in [-0.4, -0.2) is 65.3 Å². The average molecular weight is 406 g/mol. The number of nitrogens with zero attached hydrogens (tertiary/aromatic N) is 4. The van der Waals surface area contributed by atoms with Crippen LogP contribution in [0.3, 0.4) is 0 Å². The molecule has 3 saturated heterocycles. The molecule has 3 unspecified atom stereocenters. The van der Waals surface area contributed by atoms with Crippen LogP contribution in [0.25, 0.3) is 0 Å². The van der Waals surface area contributed by atoms with Gasteiger partial charge in [0.1, 0.15) is 18.5 Å².